The predicted molar refractivity (Wildman–Crippen MR) is 170 cm³/mol. The first-order valence-electron chi connectivity index (χ1n) is 14.2. The number of hydrogen-bond acceptors (Lipinski definition) is 4. The van der Waals surface area contributed by atoms with Gasteiger partial charge in [-0.05, 0) is 35.7 Å². The molecule has 0 fully saturated rings. The molecule has 2 aromatic heterocycles. The van der Waals surface area contributed by atoms with Crippen LogP contribution in [0.4, 0.5) is 0 Å². The molecule has 5 aromatic carbocycles. The van der Waals surface area contributed by atoms with Crippen molar-refractivity contribution in [1.82, 2.24) is 24.5 Å². The second kappa shape index (κ2) is 10.9. The standard InChI is InChI=1S/C37H29N5/c1-25(2)26-21-23-29(24-22-26)37-38-31-18-10-12-20-33(31)42(37)32-19-11-9-17-30(32)36-40-34(27-13-5-3-6-14-27)39-35(41-36)28-15-7-4-8-16-28/h3-25H,1-2H3. The zero-order chi connectivity index (χ0) is 28.5. The van der Waals surface area contributed by atoms with Crippen LogP contribution in [0.15, 0.2) is 133 Å². The molecule has 0 spiro atoms. The van der Waals surface area contributed by atoms with Crippen molar-refractivity contribution in [2.75, 3.05) is 0 Å². The van der Waals surface area contributed by atoms with Crippen LogP contribution >= 0.6 is 0 Å². The molecule has 7 rings (SSSR count). The Balaban J connectivity index is 1.47. The number of benzene rings is 5. The monoisotopic (exact) mass is 543 g/mol. The van der Waals surface area contributed by atoms with Crippen molar-refractivity contribution in [1.29, 1.82) is 0 Å². The van der Waals surface area contributed by atoms with Crippen molar-refractivity contribution >= 4 is 11.0 Å². The van der Waals surface area contributed by atoms with E-state index in [4.69, 9.17) is 19.9 Å². The van der Waals surface area contributed by atoms with E-state index in [1.54, 1.807) is 0 Å². The highest BCUT2D eigenvalue weighted by Gasteiger charge is 2.20. The number of imidazole rings is 1. The van der Waals surface area contributed by atoms with E-state index in [2.05, 4.69) is 79.1 Å². The molecule has 0 saturated heterocycles. The summed E-state index contributed by atoms with van der Waals surface area (Å²) in [5.74, 6) is 3.21. The summed E-state index contributed by atoms with van der Waals surface area (Å²) in [5, 5.41) is 0. The summed E-state index contributed by atoms with van der Waals surface area (Å²) in [6.07, 6.45) is 0. The zero-order valence-corrected chi connectivity index (χ0v) is 23.5. The Hall–Kier alpha value is -5.42. The number of rotatable bonds is 6. The summed E-state index contributed by atoms with van der Waals surface area (Å²) in [6.45, 7) is 4.42. The fourth-order valence-electron chi connectivity index (χ4n) is 5.27. The van der Waals surface area contributed by atoms with E-state index in [1.807, 2.05) is 72.8 Å². The number of aromatic nitrogens is 5. The molecule has 0 unspecified atom stereocenters. The lowest BCUT2D eigenvalue weighted by molar-refractivity contribution is 0.867. The number of hydrogen-bond donors (Lipinski definition) is 0. The van der Waals surface area contributed by atoms with Crippen LogP contribution in [0.1, 0.15) is 25.3 Å². The van der Waals surface area contributed by atoms with Crippen LogP contribution < -0.4 is 0 Å². The first-order chi connectivity index (χ1) is 20.7. The van der Waals surface area contributed by atoms with E-state index in [0.717, 1.165) is 44.8 Å². The van der Waals surface area contributed by atoms with Gasteiger partial charge >= 0.3 is 0 Å². The molecule has 0 atom stereocenters. The highest BCUT2D eigenvalue weighted by atomic mass is 15.1. The lowest BCUT2D eigenvalue weighted by Crippen LogP contribution is -2.04. The molecule has 5 heteroatoms. The molecule has 0 amide bonds. The minimum absolute atomic E-state index is 0.458. The molecule has 7 aromatic rings. The van der Waals surface area contributed by atoms with Gasteiger partial charge in [-0.2, -0.15) is 0 Å². The fraction of sp³-hybridized carbons (Fsp3) is 0.0811. The fourth-order valence-corrected chi connectivity index (χ4v) is 5.27. The summed E-state index contributed by atoms with van der Waals surface area (Å²) in [4.78, 5) is 20.1. The minimum Gasteiger partial charge on any atom is -0.292 e. The van der Waals surface area contributed by atoms with Crippen LogP contribution in [-0.2, 0) is 0 Å². The maximum Gasteiger partial charge on any atom is 0.166 e. The Bertz CT molecular complexity index is 1940. The third-order valence-electron chi connectivity index (χ3n) is 7.48. The number of para-hydroxylation sites is 3. The third-order valence-corrected chi connectivity index (χ3v) is 7.48. The van der Waals surface area contributed by atoms with Crippen molar-refractivity contribution in [3.8, 4) is 51.2 Å². The summed E-state index contributed by atoms with van der Waals surface area (Å²) in [7, 11) is 0. The van der Waals surface area contributed by atoms with Gasteiger partial charge in [-0.25, -0.2) is 19.9 Å². The molecule has 0 radical (unpaired) electrons. The third kappa shape index (κ3) is 4.75. The van der Waals surface area contributed by atoms with Gasteiger partial charge in [-0.15, -0.1) is 0 Å². The largest absolute Gasteiger partial charge is 0.292 e. The molecule has 0 N–H and O–H groups in total. The average molecular weight is 544 g/mol. The van der Waals surface area contributed by atoms with Gasteiger partial charge in [-0.1, -0.05) is 123 Å². The summed E-state index contributed by atoms with van der Waals surface area (Å²) in [6, 6.07) is 45.4. The first-order valence-corrected chi connectivity index (χ1v) is 14.2. The van der Waals surface area contributed by atoms with Crippen molar-refractivity contribution in [2.45, 2.75) is 19.8 Å². The van der Waals surface area contributed by atoms with E-state index >= 15 is 0 Å². The minimum atomic E-state index is 0.458. The van der Waals surface area contributed by atoms with E-state index in [0.29, 0.717) is 23.4 Å². The average Bonchev–Trinajstić information content (AvgIpc) is 3.45. The van der Waals surface area contributed by atoms with Gasteiger partial charge in [0.1, 0.15) is 5.82 Å². The van der Waals surface area contributed by atoms with Crippen molar-refractivity contribution in [3.63, 3.8) is 0 Å². The quantitative estimate of drug-likeness (QED) is 0.210. The first kappa shape index (κ1) is 25.5. The molecule has 0 aliphatic rings. The van der Waals surface area contributed by atoms with E-state index in [1.165, 1.54) is 5.56 Å². The Kier molecular flexibility index (Phi) is 6.61. The van der Waals surface area contributed by atoms with Crippen LogP contribution in [-0.4, -0.2) is 24.5 Å². The van der Waals surface area contributed by atoms with Crippen LogP contribution in [0.5, 0.6) is 0 Å². The van der Waals surface area contributed by atoms with Gasteiger partial charge in [-0.3, -0.25) is 4.57 Å². The normalized spacial score (nSPS) is 11.3. The van der Waals surface area contributed by atoms with Crippen LogP contribution in [0.3, 0.4) is 0 Å². The van der Waals surface area contributed by atoms with Crippen LogP contribution in [0.2, 0.25) is 0 Å². The summed E-state index contributed by atoms with van der Waals surface area (Å²) in [5.41, 5.74) is 8.04. The van der Waals surface area contributed by atoms with Gasteiger partial charge < -0.3 is 0 Å². The van der Waals surface area contributed by atoms with Crippen LogP contribution in [0.25, 0.3) is 62.3 Å². The smallest absolute Gasteiger partial charge is 0.166 e. The van der Waals surface area contributed by atoms with E-state index in [9.17, 15) is 0 Å². The molecule has 42 heavy (non-hydrogen) atoms. The van der Waals surface area contributed by atoms with Gasteiger partial charge in [0.05, 0.1) is 16.7 Å². The lowest BCUT2D eigenvalue weighted by atomic mass is 10.0. The molecular weight excluding hydrogens is 514 g/mol. The molecular formula is C37H29N5. The van der Waals surface area contributed by atoms with Gasteiger partial charge in [0, 0.05) is 22.3 Å². The van der Waals surface area contributed by atoms with E-state index in [-0.39, 0.29) is 0 Å². The molecule has 202 valence electrons. The van der Waals surface area contributed by atoms with E-state index < -0.39 is 0 Å². The molecule has 2 heterocycles. The second-order valence-corrected chi connectivity index (χ2v) is 10.6. The Morgan fingerprint density at radius 3 is 1.67 bits per heavy atom. The maximum atomic E-state index is 5.11. The summed E-state index contributed by atoms with van der Waals surface area (Å²) >= 11 is 0. The highest BCUT2D eigenvalue weighted by Crippen LogP contribution is 2.34. The predicted octanol–water partition coefficient (Wildman–Crippen LogP) is 9.00. The summed E-state index contributed by atoms with van der Waals surface area (Å²) < 4.78 is 2.23. The molecule has 0 aliphatic heterocycles. The van der Waals surface area contributed by atoms with Gasteiger partial charge in [0.15, 0.2) is 17.5 Å². The van der Waals surface area contributed by atoms with Crippen molar-refractivity contribution in [2.24, 2.45) is 0 Å². The maximum absolute atomic E-state index is 5.11. The van der Waals surface area contributed by atoms with Crippen LogP contribution in [0, 0.1) is 0 Å². The molecule has 5 nitrogen and oxygen atoms in total. The zero-order valence-electron chi connectivity index (χ0n) is 23.5. The SMILES string of the molecule is CC(C)c1ccc(-c2nc3ccccc3n2-c2ccccc2-c2nc(-c3ccccc3)nc(-c3ccccc3)n2)cc1. The van der Waals surface area contributed by atoms with Gasteiger partial charge in [0.2, 0.25) is 0 Å². The molecule has 0 aliphatic carbocycles. The number of fused-ring (bicyclic) bond motifs is 1. The Morgan fingerprint density at radius 2 is 1.02 bits per heavy atom. The molecule has 0 bridgehead atoms. The Labute approximate surface area is 245 Å². The van der Waals surface area contributed by atoms with Crippen molar-refractivity contribution < 1.29 is 0 Å². The number of nitrogens with zero attached hydrogens (tertiary/aromatic N) is 5. The molecule has 0 saturated carbocycles. The second-order valence-electron chi connectivity index (χ2n) is 10.6. The van der Waals surface area contributed by atoms with Crippen molar-refractivity contribution in [3.05, 3.63) is 139 Å². The lowest BCUT2D eigenvalue weighted by Gasteiger charge is -2.15. The highest BCUT2D eigenvalue weighted by molar-refractivity contribution is 5.86. The van der Waals surface area contributed by atoms with Gasteiger partial charge in [0.25, 0.3) is 0 Å². The topological polar surface area (TPSA) is 56.5 Å². The Morgan fingerprint density at radius 1 is 0.476 bits per heavy atom.